The zero-order valence-corrected chi connectivity index (χ0v) is 17.6. The van der Waals surface area contributed by atoms with Crippen LogP contribution in [0.15, 0.2) is 22.7 Å². The summed E-state index contributed by atoms with van der Waals surface area (Å²) in [6.07, 6.45) is 2.19. The fraction of sp³-hybridized carbons (Fsp3) is 0.556. The fourth-order valence-corrected chi connectivity index (χ4v) is 4.24. The van der Waals surface area contributed by atoms with Crippen molar-refractivity contribution in [3.05, 3.63) is 17.5 Å². The average Bonchev–Trinajstić information content (AvgIpc) is 3.41. The van der Waals surface area contributed by atoms with Gasteiger partial charge in [0.05, 0.1) is 23.3 Å². The van der Waals surface area contributed by atoms with Crippen molar-refractivity contribution in [1.82, 2.24) is 25.4 Å². The second kappa shape index (κ2) is 10.0. The van der Waals surface area contributed by atoms with Crippen molar-refractivity contribution in [3.63, 3.8) is 0 Å². The monoisotopic (exact) mass is 423 g/mol. The van der Waals surface area contributed by atoms with Crippen molar-refractivity contribution in [2.75, 3.05) is 18.9 Å². The molecule has 10 heteroatoms. The molecule has 0 aromatic carbocycles. The quantitative estimate of drug-likeness (QED) is 0.634. The molecule has 2 aromatic rings. The number of imide groups is 1. The molecule has 28 heavy (non-hydrogen) atoms. The number of ether oxygens (including phenoxy) is 1. The van der Waals surface area contributed by atoms with Crippen molar-refractivity contribution >= 4 is 35.0 Å². The van der Waals surface area contributed by atoms with Gasteiger partial charge in [-0.15, -0.1) is 21.5 Å². The van der Waals surface area contributed by atoms with Crippen molar-refractivity contribution < 1.29 is 14.3 Å². The molecule has 2 aromatic heterocycles. The Labute approximate surface area is 172 Å². The van der Waals surface area contributed by atoms with Crippen molar-refractivity contribution in [2.24, 2.45) is 5.92 Å². The Bertz CT molecular complexity index is 785. The third-order valence-corrected chi connectivity index (χ3v) is 5.96. The van der Waals surface area contributed by atoms with Crippen LogP contribution >= 0.6 is 23.1 Å². The highest BCUT2D eigenvalue weighted by molar-refractivity contribution is 7.99. The Hall–Kier alpha value is -1.91. The summed E-state index contributed by atoms with van der Waals surface area (Å²) >= 11 is 2.87. The van der Waals surface area contributed by atoms with Gasteiger partial charge in [-0.25, -0.2) is 4.79 Å². The first-order valence-electron chi connectivity index (χ1n) is 9.32. The maximum Gasteiger partial charge on any atom is 0.321 e. The summed E-state index contributed by atoms with van der Waals surface area (Å²) in [5, 5.41) is 16.2. The van der Waals surface area contributed by atoms with Crippen LogP contribution in [0.25, 0.3) is 10.7 Å². The van der Waals surface area contributed by atoms with E-state index < -0.39 is 6.03 Å². The Kier molecular flexibility index (Phi) is 7.46. The number of carbonyl (C=O) groups excluding carboxylic acids is 2. The predicted octanol–water partition coefficient (Wildman–Crippen LogP) is 2.76. The summed E-state index contributed by atoms with van der Waals surface area (Å²) < 4.78 is 7.78. The molecule has 0 aliphatic carbocycles. The third-order valence-electron chi connectivity index (χ3n) is 4.12. The van der Waals surface area contributed by atoms with Crippen molar-refractivity contribution in [3.8, 4) is 10.7 Å². The fourth-order valence-electron chi connectivity index (χ4n) is 2.77. The van der Waals surface area contributed by atoms with Gasteiger partial charge in [0.1, 0.15) is 0 Å². The molecule has 0 saturated carbocycles. The van der Waals surface area contributed by atoms with Gasteiger partial charge in [0.15, 0.2) is 11.0 Å². The van der Waals surface area contributed by atoms with E-state index in [9.17, 15) is 9.59 Å². The molecule has 1 aliphatic heterocycles. The van der Waals surface area contributed by atoms with Gasteiger partial charge in [0, 0.05) is 13.2 Å². The summed E-state index contributed by atoms with van der Waals surface area (Å²) in [6, 6.07) is 3.50. The summed E-state index contributed by atoms with van der Waals surface area (Å²) in [5.74, 6) is 0.823. The van der Waals surface area contributed by atoms with Gasteiger partial charge >= 0.3 is 6.03 Å². The molecule has 0 spiro atoms. The lowest BCUT2D eigenvalue weighted by atomic mass is 10.2. The van der Waals surface area contributed by atoms with Crippen LogP contribution < -0.4 is 10.6 Å². The van der Waals surface area contributed by atoms with Gasteiger partial charge in [-0.05, 0) is 30.2 Å². The molecule has 3 heterocycles. The lowest BCUT2D eigenvalue weighted by molar-refractivity contribution is -0.117. The second-order valence-electron chi connectivity index (χ2n) is 6.97. The van der Waals surface area contributed by atoms with E-state index in [-0.39, 0.29) is 17.8 Å². The lowest BCUT2D eigenvalue weighted by Gasteiger charge is -2.14. The number of aromatic nitrogens is 3. The number of rotatable bonds is 8. The topological polar surface area (TPSA) is 98.1 Å². The van der Waals surface area contributed by atoms with Gasteiger partial charge in [0.25, 0.3) is 0 Å². The average molecular weight is 424 g/mol. The summed E-state index contributed by atoms with van der Waals surface area (Å²) in [5.41, 5.74) is 0. The van der Waals surface area contributed by atoms with E-state index in [4.69, 9.17) is 4.74 Å². The molecule has 1 unspecified atom stereocenters. The number of nitrogens with one attached hydrogen (secondary N) is 2. The van der Waals surface area contributed by atoms with Crippen LogP contribution in [0.2, 0.25) is 0 Å². The number of thioether (sulfide) groups is 1. The highest BCUT2D eigenvalue weighted by Crippen LogP contribution is 2.28. The minimum atomic E-state index is -0.473. The minimum absolute atomic E-state index is 0.0865. The Balaban J connectivity index is 1.62. The van der Waals surface area contributed by atoms with Gasteiger partial charge in [-0.3, -0.25) is 14.7 Å². The smallest absolute Gasteiger partial charge is 0.321 e. The van der Waals surface area contributed by atoms with Crippen LogP contribution in [0, 0.1) is 5.92 Å². The Morgan fingerprint density at radius 1 is 1.43 bits per heavy atom. The normalized spacial score (nSPS) is 16.5. The number of amides is 3. The maximum absolute atomic E-state index is 12.1. The number of thiophene rings is 1. The lowest BCUT2D eigenvalue weighted by Crippen LogP contribution is -2.41. The maximum atomic E-state index is 12.1. The molecule has 2 N–H and O–H groups in total. The Morgan fingerprint density at radius 2 is 2.29 bits per heavy atom. The molecule has 1 saturated heterocycles. The minimum Gasteiger partial charge on any atom is -0.376 e. The van der Waals surface area contributed by atoms with Gasteiger partial charge in [-0.2, -0.15) is 0 Å². The van der Waals surface area contributed by atoms with Gasteiger partial charge in [-0.1, -0.05) is 31.7 Å². The van der Waals surface area contributed by atoms with Crippen LogP contribution in [0.3, 0.4) is 0 Å². The van der Waals surface area contributed by atoms with Crippen LogP contribution in [-0.2, 0) is 16.1 Å². The van der Waals surface area contributed by atoms with E-state index in [2.05, 4.69) is 20.8 Å². The second-order valence-corrected chi connectivity index (χ2v) is 8.86. The third kappa shape index (κ3) is 5.79. The van der Waals surface area contributed by atoms with Gasteiger partial charge in [0.2, 0.25) is 5.91 Å². The zero-order valence-electron chi connectivity index (χ0n) is 16.0. The molecule has 1 fully saturated rings. The van der Waals surface area contributed by atoms with E-state index in [0.29, 0.717) is 24.2 Å². The van der Waals surface area contributed by atoms with E-state index in [1.807, 2.05) is 35.9 Å². The molecular weight excluding hydrogens is 398 g/mol. The van der Waals surface area contributed by atoms with Crippen LogP contribution in [-0.4, -0.2) is 51.7 Å². The van der Waals surface area contributed by atoms with E-state index >= 15 is 0 Å². The predicted molar refractivity (Wildman–Crippen MR) is 109 cm³/mol. The van der Waals surface area contributed by atoms with Crippen LogP contribution in [0.1, 0.15) is 26.7 Å². The molecule has 3 rings (SSSR count). The first-order valence-corrected chi connectivity index (χ1v) is 11.2. The number of urea groups is 1. The molecular formula is C18H25N5O3S2. The van der Waals surface area contributed by atoms with Crippen LogP contribution in [0.4, 0.5) is 4.79 Å². The summed E-state index contributed by atoms with van der Waals surface area (Å²) in [4.78, 5) is 24.8. The van der Waals surface area contributed by atoms with E-state index in [1.54, 1.807) is 11.3 Å². The molecule has 0 radical (unpaired) electrons. The molecule has 1 aliphatic rings. The molecule has 8 nitrogen and oxygen atoms in total. The highest BCUT2D eigenvalue weighted by Gasteiger charge is 2.22. The van der Waals surface area contributed by atoms with Crippen molar-refractivity contribution in [1.29, 1.82) is 0 Å². The first-order chi connectivity index (χ1) is 13.5. The first kappa shape index (κ1) is 20.8. The standard InChI is InChI=1S/C18H25N5O3S2/c1-12(2)9-19-17(25)20-15(24)11-28-18-22-21-16(14-6-4-8-27-14)23(18)10-13-5-3-7-26-13/h4,6,8,12-13H,3,5,7,9-11H2,1-2H3,(H2,19,20,24,25). The molecule has 3 amide bonds. The Morgan fingerprint density at radius 3 is 2.96 bits per heavy atom. The van der Waals surface area contributed by atoms with Gasteiger partial charge < -0.3 is 10.1 Å². The number of carbonyl (C=O) groups is 2. The van der Waals surface area contributed by atoms with Crippen LogP contribution in [0.5, 0.6) is 0 Å². The zero-order chi connectivity index (χ0) is 19.9. The van der Waals surface area contributed by atoms with Crippen molar-refractivity contribution in [2.45, 2.75) is 44.5 Å². The molecule has 152 valence electrons. The van der Waals surface area contributed by atoms with E-state index in [0.717, 1.165) is 30.2 Å². The largest absolute Gasteiger partial charge is 0.376 e. The number of hydrogen-bond acceptors (Lipinski definition) is 7. The number of hydrogen-bond donors (Lipinski definition) is 2. The SMILES string of the molecule is CC(C)CNC(=O)NC(=O)CSc1nnc(-c2cccs2)n1CC1CCCO1. The van der Waals surface area contributed by atoms with E-state index in [1.165, 1.54) is 11.8 Å². The molecule has 1 atom stereocenters. The summed E-state index contributed by atoms with van der Waals surface area (Å²) in [7, 11) is 0. The highest BCUT2D eigenvalue weighted by atomic mass is 32.2. The number of nitrogens with zero attached hydrogens (tertiary/aromatic N) is 3. The summed E-state index contributed by atoms with van der Waals surface area (Å²) in [6.45, 7) is 5.93. The molecule has 0 bridgehead atoms.